The molecule has 0 amide bonds. The van der Waals surface area contributed by atoms with Crippen molar-refractivity contribution in [1.82, 2.24) is 0 Å². The van der Waals surface area contributed by atoms with Gasteiger partial charge in [-0.15, -0.1) is 10.2 Å². The highest BCUT2D eigenvalue weighted by Crippen LogP contribution is 2.43. The van der Waals surface area contributed by atoms with Crippen molar-refractivity contribution < 1.29 is 28.1 Å². The van der Waals surface area contributed by atoms with Crippen LogP contribution in [0, 0.1) is 10.1 Å². The zero-order valence-corrected chi connectivity index (χ0v) is 16.3. The summed E-state index contributed by atoms with van der Waals surface area (Å²) in [6.07, 6.45) is 0. The van der Waals surface area contributed by atoms with Crippen LogP contribution in [0.4, 0.5) is 17.1 Å². The fourth-order valence-electron chi connectivity index (χ4n) is 3.23. The van der Waals surface area contributed by atoms with Gasteiger partial charge in [0.05, 0.1) is 4.92 Å². The number of hydrogen-bond donors (Lipinski definition) is 3. The molecule has 3 N–H and O–H groups in total. The molecule has 0 atom stereocenters. The summed E-state index contributed by atoms with van der Waals surface area (Å²) in [5, 5.41) is 40.8. The molecule has 0 spiro atoms. The molecule has 0 saturated carbocycles. The van der Waals surface area contributed by atoms with E-state index in [9.17, 15) is 33.3 Å². The molecule has 11 heteroatoms. The zero-order chi connectivity index (χ0) is 22.3. The first-order valence-corrected chi connectivity index (χ1v) is 10.1. The Balaban J connectivity index is 1.98. The van der Waals surface area contributed by atoms with Gasteiger partial charge in [-0.05, 0) is 17.5 Å². The second-order valence-corrected chi connectivity index (χ2v) is 7.95. The van der Waals surface area contributed by atoms with Crippen LogP contribution >= 0.6 is 0 Å². The molecule has 0 aliphatic carbocycles. The number of benzene rings is 4. The number of non-ortho nitro benzene ring substituents is 1. The summed E-state index contributed by atoms with van der Waals surface area (Å²) in [5.74, 6) is -0.797. The molecule has 10 nitrogen and oxygen atoms in total. The van der Waals surface area contributed by atoms with Crippen molar-refractivity contribution in [2.24, 2.45) is 10.2 Å². The van der Waals surface area contributed by atoms with Gasteiger partial charge in [0.15, 0.2) is 0 Å². The van der Waals surface area contributed by atoms with Crippen molar-refractivity contribution in [3.8, 4) is 11.5 Å². The molecule has 0 bridgehead atoms. The van der Waals surface area contributed by atoms with Gasteiger partial charge in [0.25, 0.3) is 15.8 Å². The maximum Gasteiger partial charge on any atom is 0.295 e. The maximum absolute atomic E-state index is 11.7. The highest BCUT2D eigenvalue weighted by Gasteiger charge is 2.22. The summed E-state index contributed by atoms with van der Waals surface area (Å²) in [5.41, 5.74) is -0.492. The van der Waals surface area contributed by atoms with Gasteiger partial charge in [0.2, 0.25) is 0 Å². The van der Waals surface area contributed by atoms with Crippen LogP contribution in [-0.4, -0.2) is 28.1 Å². The summed E-state index contributed by atoms with van der Waals surface area (Å²) in [6.45, 7) is 0. The van der Waals surface area contributed by atoms with Crippen LogP contribution in [-0.2, 0) is 10.1 Å². The number of aromatic hydroxyl groups is 2. The molecule has 4 aromatic rings. The van der Waals surface area contributed by atoms with Crippen molar-refractivity contribution in [3.05, 3.63) is 70.8 Å². The Kier molecular flexibility index (Phi) is 4.76. The van der Waals surface area contributed by atoms with E-state index in [4.69, 9.17) is 0 Å². The van der Waals surface area contributed by atoms with Crippen LogP contribution in [0.5, 0.6) is 11.5 Å². The third kappa shape index (κ3) is 3.63. The number of phenols is 2. The molecule has 0 saturated heterocycles. The number of rotatable bonds is 4. The molecule has 4 aromatic carbocycles. The standard InChI is InChI=1S/C20H13N3O7S/c24-16-8-5-11-3-1-2-4-13(11)19(16)21-22-20-14-7-6-12(23(26)27)9-15(14)18(10-17(20)25)31(28,29)30/h1-10,24-25H,(H,28,29,30). The highest BCUT2D eigenvalue weighted by molar-refractivity contribution is 7.86. The number of azo groups is 1. The molecule has 4 rings (SSSR count). The van der Waals surface area contributed by atoms with E-state index in [2.05, 4.69) is 10.2 Å². The Morgan fingerprint density at radius 1 is 0.806 bits per heavy atom. The van der Waals surface area contributed by atoms with Crippen LogP contribution in [0.25, 0.3) is 21.5 Å². The highest BCUT2D eigenvalue weighted by atomic mass is 32.2. The first kappa shape index (κ1) is 20.2. The lowest BCUT2D eigenvalue weighted by Crippen LogP contribution is -2.00. The van der Waals surface area contributed by atoms with Gasteiger partial charge in [-0.3, -0.25) is 14.7 Å². The minimum Gasteiger partial charge on any atom is -0.506 e. The summed E-state index contributed by atoms with van der Waals surface area (Å²) >= 11 is 0. The minimum absolute atomic E-state index is 0.00158. The van der Waals surface area contributed by atoms with Crippen LogP contribution in [0.2, 0.25) is 0 Å². The normalized spacial score (nSPS) is 12.0. The van der Waals surface area contributed by atoms with E-state index < -0.39 is 31.4 Å². The third-order valence-corrected chi connectivity index (χ3v) is 5.55. The largest absolute Gasteiger partial charge is 0.506 e. The summed E-state index contributed by atoms with van der Waals surface area (Å²) in [7, 11) is -4.81. The Morgan fingerprint density at radius 2 is 1.48 bits per heavy atom. The second-order valence-electron chi connectivity index (χ2n) is 6.56. The molecule has 0 aromatic heterocycles. The van der Waals surface area contributed by atoms with E-state index in [1.165, 1.54) is 12.1 Å². The number of nitro benzene ring substituents is 1. The topological polar surface area (TPSA) is 163 Å². The smallest absolute Gasteiger partial charge is 0.295 e. The monoisotopic (exact) mass is 439 g/mol. The lowest BCUT2D eigenvalue weighted by atomic mass is 10.1. The predicted octanol–water partition coefficient (Wildman–Crippen LogP) is 4.97. The molecule has 156 valence electrons. The molecule has 0 radical (unpaired) electrons. The third-order valence-electron chi connectivity index (χ3n) is 4.65. The number of nitrogens with zero attached hydrogens (tertiary/aromatic N) is 3. The van der Waals surface area contributed by atoms with Gasteiger partial charge < -0.3 is 10.2 Å². The van der Waals surface area contributed by atoms with Crippen molar-refractivity contribution in [1.29, 1.82) is 0 Å². The number of fused-ring (bicyclic) bond motifs is 2. The van der Waals surface area contributed by atoms with Crippen molar-refractivity contribution in [2.75, 3.05) is 0 Å². The van der Waals surface area contributed by atoms with Gasteiger partial charge in [-0.2, -0.15) is 8.42 Å². The lowest BCUT2D eigenvalue weighted by Gasteiger charge is -2.09. The predicted molar refractivity (Wildman–Crippen MR) is 112 cm³/mol. The molecular formula is C20H13N3O7S. The van der Waals surface area contributed by atoms with Crippen LogP contribution in [0.1, 0.15) is 0 Å². The Hall–Kier alpha value is -4.09. The Labute approximate surface area is 174 Å². The molecule has 0 unspecified atom stereocenters. The SMILES string of the molecule is O=[N+]([O-])c1ccc2c(N=Nc3c(O)ccc4ccccc34)c(O)cc(S(=O)(=O)O)c2c1. The van der Waals surface area contributed by atoms with Gasteiger partial charge in [0, 0.05) is 34.4 Å². The van der Waals surface area contributed by atoms with E-state index in [1.54, 1.807) is 30.3 Å². The molecule has 0 heterocycles. The number of nitro groups is 1. The lowest BCUT2D eigenvalue weighted by molar-refractivity contribution is -0.384. The van der Waals surface area contributed by atoms with E-state index in [0.29, 0.717) is 5.39 Å². The molecule has 0 fully saturated rings. The number of hydrogen-bond acceptors (Lipinski definition) is 8. The first-order valence-electron chi connectivity index (χ1n) is 8.71. The van der Waals surface area contributed by atoms with E-state index in [1.807, 2.05) is 0 Å². The van der Waals surface area contributed by atoms with Gasteiger partial charge in [-0.25, -0.2) is 0 Å². The van der Waals surface area contributed by atoms with E-state index in [-0.39, 0.29) is 27.9 Å². The fraction of sp³-hybridized carbons (Fsp3) is 0. The van der Waals surface area contributed by atoms with Gasteiger partial charge >= 0.3 is 0 Å². The minimum atomic E-state index is -4.81. The molecule has 0 aliphatic rings. The van der Waals surface area contributed by atoms with Crippen molar-refractivity contribution >= 4 is 48.7 Å². The summed E-state index contributed by atoms with van der Waals surface area (Å²) in [6, 6.07) is 14.2. The first-order chi connectivity index (χ1) is 14.7. The molecule has 0 aliphatic heterocycles. The average Bonchev–Trinajstić information content (AvgIpc) is 2.72. The fourth-order valence-corrected chi connectivity index (χ4v) is 3.94. The van der Waals surface area contributed by atoms with Crippen LogP contribution < -0.4 is 0 Å². The number of phenolic OH excluding ortho intramolecular Hbond substituents is 2. The van der Waals surface area contributed by atoms with Gasteiger partial charge in [-0.1, -0.05) is 30.3 Å². The van der Waals surface area contributed by atoms with E-state index >= 15 is 0 Å². The van der Waals surface area contributed by atoms with Crippen LogP contribution in [0.3, 0.4) is 0 Å². The molecular weight excluding hydrogens is 426 g/mol. The molecule has 31 heavy (non-hydrogen) atoms. The average molecular weight is 439 g/mol. The van der Waals surface area contributed by atoms with Crippen LogP contribution in [0.15, 0.2) is 75.8 Å². The Morgan fingerprint density at radius 3 is 2.16 bits per heavy atom. The second kappa shape index (κ2) is 7.31. The quantitative estimate of drug-likeness (QED) is 0.175. The summed E-state index contributed by atoms with van der Waals surface area (Å²) < 4.78 is 33.0. The summed E-state index contributed by atoms with van der Waals surface area (Å²) in [4.78, 5) is 9.67. The Bertz CT molecular complexity index is 1510. The van der Waals surface area contributed by atoms with Crippen molar-refractivity contribution in [2.45, 2.75) is 4.90 Å². The van der Waals surface area contributed by atoms with Gasteiger partial charge in [0.1, 0.15) is 27.8 Å². The maximum atomic E-state index is 11.7. The van der Waals surface area contributed by atoms with E-state index in [0.717, 1.165) is 23.6 Å². The van der Waals surface area contributed by atoms with Crippen molar-refractivity contribution in [3.63, 3.8) is 0 Å². The zero-order valence-electron chi connectivity index (χ0n) is 15.5.